The van der Waals surface area contributed by atoms with Crippen molar-refractivity contribution < 1.29 is 30.7 Å². The van der Waals surface area contributed by atoms with E-state index < -0.39 is 52.1 Å². The summed E-state index contributed by atoms with van der Waals surface area (Å²) in [5.74, 6) is -1.46. The molecule has 0 bridgehead atoms. The van der Waals surface area contributed by atoms with Crippen LogP contribution in [-0.2, 0) is 18.9 Å². The van der Waals surface area contributed by atoms with Crippen LogP contribution in [0.3, 0.4) is 0 Å². The first-order valence-corrected chi connectivity index (χ1v) is 13.2. The molecule has 5 rings (SSSR count). The largest absolute Gasteiger partial charge is 0.423 e. The van der Waals surface area contributed by atoms with Gasteiger partial charge in [-0.1, -0.05) is 0 Å². The Morgan fingerprint density at radius 1 is 1.07 bits per heavy atom. The lowest BCUT2D eigenvalue weighted by molar-refractivity contribution is -0.138. The Hall–Kier alpha value is -4.50. The molecule has 1 aliphatic rings. The van der Waals surface area contributed by atoms with Crippen molar-refractivity contribution in [1.29, 1.82) is 0 Å². The van der Waals surface area contributed by atoms with Crippen LogP contribution in [0.4, 0.5) is 42.2 Å². The SMILES string of the molecule is CC(CCCn1ccc2cc(-c3ncc(C(F)(F)F)c(N4CCC4)n3)c(F)cc2c1=O)Nc1cn[nH]c(=O)c1C(F)(F)F. The van der Waals surface area contributed by atoms with Crippen molar-refractivity contribution in [2.24, 2.45) is 0 Å². The highest BCUT2D eigenvalue weighted by Crippen LogP contribution is 2.38. The molecule has 0 spiro atoms. The van der Waals surface area contributed by atoms with E-state index in [0.29, 0.717) is 43.9 Å². The number of hydrogen-bond acceptors (Lipinski definition) is 7. The van der Waals surface area contributed by atoms with E-state index in [-0.39, 0.29) is 29.1 Å². The van der Waals surface area contributed by atoms with Gasteiger partial charge in [0.15, 0.2) is 5.82 Å². The Balaban J connectivity index is 1.33. The van der Waals surface area contributed by atoms with Gasteiger partial charge in [-0.05, 0) is 49.8 Å². The smallest absolute Gasteiger partial charge is 0.381 e. The molecular weight excluding hydrogens is 587 g/mol. The Labute approximate surface area is 238 Å². The van der Waals surface area contributed by atoms with Gasteiger partial charge in [0.1, 0.15) is 22.8 Å². The minimum Gasteiger partial charge on any atom is -0.381 e. The van der Waals surface area contributed by atoms with E-state index in [2.05, 4.69) is 20.4 Å². The first-order chi connectivity index (χ1) is 20.2. The number of aromatic nitrogens is 5. The first kappa shape index (κ1) is 30.0. The van der Waals surface area contributed by atoms with Gasteiger partial charge in [-0.15, -0.1) is 0 Å². The van der Waals surface area contributed by atoms with E-state index >= 15 is 4.39 Å². The summed E-state index contributed by atoms with van der Waals surface area (Å²) in [4.78, 5) is 34.0. The summed E-state index contributed by atoms with van der Waals surface area (Å²) >= 11 is 0. The fourth-order valence-corrected chi connectivity index (χ4v) is 4.82. The number of fused-ring (bicyclic) bond motifs is 1. The summed E-state index contributed by atoms with van der Waals surface area (Å²) in [6.45, 7) is 2.53. The fourth-order valence-electron chi connectivity index (χ4n) is 4.82. The molecule has 9 nitrogen and oxygen atoms in total. The molecule has 43 heavy (non-hydrogen) atoms. The molecule has 1 saturated heterocycles. The van der Waals surface area contributed by atoms with E-state index in [0.717, 1.165) is 12.3 Å². The van der Waals surface area contributed by atoms with E-state index in [4.69, 9.17) is 0 Å². The van der Waals surface area contributed by atoms with Crippen LogP contribution in [-0.4, -0.2) is 43.9 Å². The number of hydrogen-bond donors (Lipinski definition) is 2. The quantitative estimate of drug-likeness (QED) is 0.264. The predicted octanol–water partition coefficient (Wildman–Crippen LogP) is 5.21. The maximum atomic E-state index is 15.2. The molecule has 0 aliphatic carbocycles. The van der Waals surface area contributed by atoms with Gasteiger partial charge in [0, 0.05) is 38.1 Å². The molecule has 4 heterocycles. The van der Waals surface area contributed by atoms with E-state index in [1.54, 1.807) is 18.1 Å². The monoisotopic (exact) mass is 611 g/mol. The lowest BCUT2D eigenvalue weighted by atomic mass is 10.1. The maximum absolute atomic E-state index is 15.2. The number of aromatic amines is 1. The van der Waals surface area contributed by atoms with Crippen LogP contribution >= 0.6 is 0 Å². The van der Waals surface area contributed by atoms with Gasteiger partial charge in [-0.3, -0.25) is 9.59 Å². The zero-order chi connectivity index (χ0) is 31.1. The van der Waals surface area contributed by atoms with Crippen LogP contribution in [0.5, 0.6) is 0 Å². The molecule has 0 amide bonds. The van der Waals surface area contributed by atoms with Crippen LogP contribution in [0.25, 0.3) is 22.2 Å². The third-order valence-electron chi connectivity index (χ3n) is 7.11. The number of pyridine rings is 1. The van der Waals surface area contributed by atoms with E-state index in [1.165, 1.54) is 21.7 Å². The zero-order valence-corrected chi connectivity index (χ0v) is 22.5. The lowest BCUT2D eigenvalue weighted by Crippen LogP contribution is -2.39. The number of halogens is 7. The molecule has 0 saturated carbocycles. The van der Waals surface area contributed by atoms with Crippen molar-refractivity contribution in [2.45, 2.75) is 51.1 Å². The van der Waals surface area contributed by atoms with Gasteiger partial charge in [0.2, 0.25) is 0 Å². The van der Waals surface area contributed by atoms with Crippen molar-refractivity contribution in [3.63, 3.8) is 0 Å². The summed E-state index contributed by atoms with van der Waals surface area (Å²) in [7, 11) is 0. The highest BCUT2D eigenvalue weighted by Gasteiger charge is 2.39. The van der Waals surface area contributed by atoms with Crippen LogP contribution in [0.15, 0.2) is 46.4 Å². The highest BCUT2D eigenvalue weighted by molar-refractivity contribution is 5.86. The van der Waals surface area contributed by atoms with Crippen molar-refractivity contribution >= 4 is 22.3 Å². The molecule has 228 valence electrons. The molecule has 0 radical (unpaired) electrons. The molecule has 1 atom stereocenters. The third-order valence-corrected chi connectivity index (χ3v) is 7.11. The van der Waals surface area contributed by atoms with Gasteiger partial charge in [0.05, 0.1) is 22.8 Å². The Morgan fingerprint density at radius 2 is 1.81 bits per heavy atom. The minimum atomic E-state index is -4.89. The molecule has 16 heteroatoms. The Kier molecular flexibility index (Phi) is 7.88. The number of aryl methyl sites for hydroxylation is 1. The van der Waals surface area contributed by atoms with Crippen molar-refractivity contribution in [2.75, 3.05) is 23.3 Å². The normalized spacial score (nSPS) is 14.6. The Morgan fingerprint density at radius 3 is 2.47 bits per heavy atom. The second kappa shape index (κ2) is 11.3. The first-order valence-electron chi connectivity index (χ1n) is 13.2. The summed E-state index contributed by atoms with van der Waals surface area (Å²) < 4.78 is 96.9. The average molecular weight is 612 g/mol. The summed E-state index contributed by atoms with van der Waals surface area (Å²) in [5.41, 5.74) is -4.93. The minimum absolute atomic E-state index is 0.0224. The average Bonchev–Trinajstić information content (AvgIpc) is 2.87. The molecule has 4 aromatic rings. The summed E-state index contributed by atoms with van der Waals surface area (Å²) in [6, 6.07) is 3.31. The molecular formula is C27H24F7N7O2. The van der Waals surface area contributed by atoms with Crippen molar-refractivity contribution in [3.8, 4) is 11.4 Å². The summed E-state index contributed by atoms with van der Waals surface area (Å²) in [6.07, 6.45) is -5.25. The summed E-state index contributed by atoms with van der Waals surface area (Å²) in [5, 5.41) is 8.15. The number of nitrogens with zero attached hydrogens (tertiary/aromatic N) is 5. The molecule has 2 N–H and O–H groups in total. The van der Waals surface area contributed by atoms with Gasteiger partial charge < -0.3 is 14.8 Å². The molecule has 1 fully saturated rings. The number of H-pyrrole nitrogens is 1. The van der Waals surface area contributed by atoms with Gasteiger partial charge in [-0.25, -0.2) is 19.5 Å². The zero-order valence-electron chi connectivity index (χ0n) is 22.5. The molecule has 1 unspecified atom stereocenters. The lowest BCUT2D eigenvalue weighted by Gasteiger charge is -2.33. The number of nitrogens with one attached hydrogen (secondary N) is 2. The van der Waals surface area contributed by atoms with E-state index in [1.807, 2.05) is 0 Å². The molecule has 1 aliphatic heterocycles. The number of benzene rings is 1. The third kappa shape index (κ3) is 6.17. The van der Waals surface area contributed by atoms with Crippen LogP contribution in [0, 0.1) is 5.82 Å². The number of anilines is 2. The van der Waals surface area contributed by atoms with Gasteiger partial charge >= 0.3 is 12.4 Å². The number of alkyl halides is 6. The predicted molar refractivity (Wildman–Crippen MR) is 143 cm³/mol. The number of rotatable bonds is 8. The molecule has 1 aromatic carbocycles. The van der Waals surface area contributed by atoms with Crippen molar-refractivity contribution in [3.05, 3.63) is 74.4 Å². The van der Waals surface area contributed by atoms with Crippen LogP contribution in [0.2, 0.25) is 0 Å². The van der Waals surface area contributed by atoms with Crippen molar-refractivity contribution in [1.82, 2.24) is 24.7 Å². The highest BCUT2D eigenvalue weighted by atomic mass is 19.4. The maximum Gasteiger partial charge on any atom is 0.423 e. The van der Waals surface area contributed by atoms with Crippen LogP contribution < -0.4 is 21.3 Å². The topological polar surface area (TPSA) is 109 Å². The Bertz CT molecular complexity index is 1780. The van der Waals surface area contributed by atoms with E-state index in [9.17, 15) is 35.9 Å². The second-order valence-corrected chi connectivity index (χ2v) is 10.2. The molecule has 3 aromatic heterocycles. The van der Waals surface area contributed by atoms with Gasteiger partial charge in [-0.2, -0.15) is 31.4 Å². The standard InChI is InChI=1S/C27H24F7N7O2/c1-14(37-20-13-36-39-24(42)21(20)27(32,33)34)4-2-6-41-9-5-15-10-17(19(28)11-16(15)25(41)43)22-35-12-18(26(29,30)31)23(38-22)40-7-3-8-40/h5,9-14H,2-4,6-8H2,1H3,(H2,37,39,42). The second-order valence-electron chi connectivity index (χ2n) is 10.2. The fraction of sp³-hybridized carbons (Fsp3) is 0.370. The van der Waals surface area contributed by atoms with Crippen LogP contribution in [0.1, 0.15) is 37.3 Å². The van der Waals surface area contributed by atoms with Gasteiger partial charge in [0.25, 0.3) is 11.1 Å².